The number of hydrogen-bond donors (Lipinski definition) is 1. The maximum Gasteiger partial charge on any atom is 0.0950 e. The maximum atomic E-state index is 4.32. The second-order valence-electron chi connectivity index (χ2n) is 3.66. The zero-order valence-electron chi connectivity index (χ0n) is 10.0. The van der Waals surface area contributed by atoms with Crippen LogP contribution in [0.4, 0.5) is 0 Å². The number of aromatic nitrogens is 2. The average molecular weight is 210 g/mol. The predicted molar refractivity (Wildman–Crippen MR) is 62.8 cm³/mol. The van der Waals surface area contributed by atoms with E-state index in [9.17, 15) is 0 Å². The molecule has 1 heterocycles. The summed E-state index contributed by atoms with van der Waals surface area (Å²) in [6, 6.07) is 0. The minimum atomic E-state index is 0.846. The molecule has 4 heteroatoms. The number of nitrogens with one attached hydrogen (secondary N) is 1. The molecule has 0 aliphatic carbocycles. The molecule has 0 fully saturated rings. The van der Waals surface area contributed by atoms with Crippen LogP contribution in [0.25, 0.3) is 0 Å². The highest BCUT2D eigenvalue weighted by molar-refractivity contribution is 4.95. The largest absolute Gasteiger partial charge is 0.336 e. The molecule has 1 aromatic heterocycles. The second-order valence-corrected chi connectivity index (χ2v) is 3.66. The van der Waals surface area contributed by atoms with E-state index in [0.717, 1.165) is 38.4 Å². The summed E-state index contributed by atoms with van der Waals surface area (Å²) >= 11 is 0. The first-order valence-electron chi connectivity index (χ1n) is 5.67. The monoisotopic (exact) mass is 210 g/mol. The van der Waals surface area contributed by atoms with Crippen LogP contribution in [0, 0.1) is 0 Å². The Balaban J connectivity index is 2.36. The van der Waals surface area contributed by atoms with Crippen LogP contribution < -0.4 is 5.32 Å². The third kappa shape index (κ3) is 4.01. The topological polar surface area (TPSA) is 33.1 Å². The Morgan fingerprint density at radius 1 is 1.40 bits per heavy atom. The van der Waals surface area contributed by atoms with Crippen LogP contribution in [0.15, 0.2) is 12.5 Å². The van der Waals surface area contributed by atoms with Crippen molar-refractivity contribution in [2.24, 2.45) is 0 Å². The third-order valence-electron chi connectivity index (χ3n) is 2.61. The highest BCUT2D eigenvalue weighted by atomic mass is 15.1. The summed E-state index contributed by atoms with van der Waals surface area (Å²) in [6.07, 6.45) is 4.02. The van der Waals surface area contributed by atoms with Gasteiger partial charge in [-0.15, -0.1) is 0 Å². The van der Waals surface area contributed by atoms with Crippen molar-refractivity contribution in [3.8, 4) is 0 Å². The summed E-state index contributed by atoms with van der Waals surface area (Å²) < 4.78 is 2.16. The van der Waals surface area contributed by atoms with Gasteiger partial charge in [0.15, 0.2) is 0 Å². The van der Waals surface area contributed by atoms with Gasteiger partial charge in [-0.1, -0.05) is 13.8 Å². The Morgan fingerprint density at radius 3 is 2.73 bits per heavy atom. The first kappa shape index (κ1) is 12.2. The molecule has 0 saturated carbocycles. The van der Waals surface area contributed by atoms with Crippen LogP contribution in [-0.4, -0.2) is 41.1 Å². The number of rotatable bonds is 7. The van der Waals surface area contributed by atoms with Crippen LogP contribution >= 0.6 is 0 Å². The normalized spacial score (nSPS) is 11.2. The van der Waals surface area contributed by atoms with Crippen LogP contribution in [0.1, 0.15) is 19.5 Å². The molecule has 0 bridgehead atoms. The lowest BCUT2D eigenvalue weighted by Crippen LogP contribution is -2.26. The van der Waals surface area contributed by atoms with Crippen LogP contribution in [0.5, 0.6) is 0 Å². The van der Waals surface area contributed by atoms with E-state index in [1.807, 2.05) is 13.4 Å². The van der Waals surface area contributed by atoms with Crippen molar-refractivity contribution in [3.05, 3.63) is 18.2 Å². The zero-order valence-corrected chi connectivity index (χ0v) is 10.0. The van der Waals surface area contributed by atoms with E-state index < -0.39 is 0 Å². The molecule has 86 valence electrons. The number of hydrogen-bond acceptors (Lipinski definition) is 3. The van der Waals surface area contributed by atoms with E-state index in [1.54, 1.807) is 0 Å². The van der Waals surface area contributed by atoms with Crippen LogP contribution in [0.2, 0.25) is 0 Å². The van der Waals surface area contributed by atoms with Gasteiger partial charge in [0.25, 0.3) is 0 Å². The molecule has 0 aromatic carbocycles. The van der Waals surface area contributed by atoms with Crippen molar-refractivity contribution in [2.45, 2.75) is 26.9 Å². The van der Waals surface area contributed by atoms with Gasteiger partial charge in [-0.05, 0) is 20.1 Å². The molecular formula is C11H22N4. The summed E-state index contributed by atoms with van der Waals surface area (Å²) in [6.45, 7) is 9.61. The van der Waals surface area contributed by atoms with Crippen molar-refractivity contribution in [1.82, 2.24) is 19.8 Å². The van der Waals surface area contributed by atoms with Crippen LogP contribution in [-0.2, 0) is 13.1 Å². The molecule has 0 aliphatic rings. The smallest absolute Gasteiger partial charge is 0.0950 e. The molecule has 1 rings (SSSR count). The highest BCUT2D eigenvalue weighted by Crippen LogP contribution is 1.97. The van der Waals surface area contributed by atoms with Crippen molar-refractivity contribution < 1.29 is 0 Å². The summed E-state index contributed by atoms with van der Waals surface area (Å²) in [5.74, 6) is 0. The minimum Gasteiger partial charge on any atom is -0.336 e. The van der Waals surface area contributed by atoms with Crippen LogP contribution in [0.3, 0.4) is 0 Å². The predicted octanol–water partition coefficient (Wildman–Crippen LogP) is 0.944. The molecule has 1 N–H and O–H groups in total. The summed E-state index contributed by atoms with van der Waals surface area (Å²) in [7, 11) is 1.94. The summed E-state index contributed by atoms with van der Waals surface area (Å²) in [4.78, 5) is 6.73. The minimum absolute atomic E-state index is 0.846. The van der Waals surface area contributed by atoms with Gasteiger partial charge in [0.05, 0.1) is 12.0 Å². The Kier molecular flexibility index (Phi) is 5.36. The van der Waals surface area contributed by atoms with Gasteiger partial charge in [0.1, 0.15) is 0 Å². The lowest BCUT2D eigenvalue weighted by molar-refractivity contribution is 0.290. The number of nitrogens with zero attached hydrogens (tertiary/aromatic N) is 3. The Bertz CT molecular complexity index is 265. The summed E-state index contributed by atoms with van der Waals surface area (Å²) in [5, 5.41) is 3.10. The SMILES string of the molecule is CCN(CC)CCn1cnc(CNC)c1. The van der Waals surface area contributed by atoms with Gasteiger partial charge in [-0.25, -0.2) is 4.98 Å². The fraction of sp³-hybridized carbons (Fsp3) is 0.727. The maximum absolute atomic E-state index is 4.32. The Labute approximate surface area is 92.3 Å². The molecule has 0 aliphatic heterocycles. The fourth-order valence-electron chi connectivity index (χ4n) is 1.60. The fourth-order valence-corrected chi connectivity index (χ4v) is 1.60. The molecule has 0 radical (unpaired) electrons. The molecule has 4 nitrogen and oxygen atoms in total. The molecule has 15 heavy (non-hydrogen) atoms. The van der Waals surface area contributed by atoms with Gasteiger partial charge in [-0.3, -0.25) is 0 Å². The highest BCUT2D eigenvalue weighted by Gasteiger charge is 2.00. The summed E-state index contributed by atoms with van der Waals surface area (Å²) in [5.41, 5.74) is 1.11. The van der Waals surface area contributed by atoms with Crippen molar-refractivity contribution in [2.75, 3.05) is 26.7 Å². The molecule has 0 spiro atoms. The molecule has 0 atom stereocenters. The van der Waals surface area contributed by atoms with Crippen molar-refractivity contribution in [3.63, 3.8) is 0 Å². The molecule has 0 unspecified atom stereocenters. The zero-order chi connectivity index (χ0) is 11.1. The van der Waals surface area contributed by atoms with Gasteiger partial charge < -0.3 is 14.8 Å². The molecular weight excluding hydrogens is 188 g/mol. The third-order valence-corrected chi connectivity index (χ3v) is 2.61. The lowest BCUT2D eigenvalue weighted by atomic mass is 10.4. The lowest BCUT2D eigenvalue weighted by Gasteiger charge is -2.17. The van der Waals surface area contributed by atoms with Crippen molar-refractivity contribution in [1.29, 1.82) is 0 Å². The van der Waals surface area contributed by atoms with E-state index in [2.05, 4.69) is 39.8 Å². The quantitative estimate of drug-likeness (QED) is 0.727. The molecule has 0 amide bonds. The Morgan fingerprint density at radius 2 is 2.13 bits per heavy atom. The first-order valence-corrected chi connectivity index (χ1v) is 5.67. The number of likely N-dealkylation sites (N-methyl/N-ethyl adjacent to an activating group) is 1. The second kappa shape index (κ2) is 6.58. The molecule has 1 aromatic rings. The van der Waals surface area contributed by atoms with E-state index in [0.29, 0.717) is 0 Å². The van der Waals surface area contributed by atoms with Crippen molar-refractivity contribution >= 4 is 0 Å². The van der Waals surface area contributed by atoms with E-state index >= 15 is 0 Å². The Hall–Kier alpha value is -0.870. The molecule has 0 saturated heterocycles. The van der Waals surface area contributed by atoms with E-state index in [-0.39, 0.29) is 0 Å². The average Bonchev–Trinajstić information content (AvgIpc) is 2.68. The number of imidazole rings is 1. The van der Waals surface area contributed by atoms with Gasteiger partial charge in [-0.2, -0.15) is 0 Å². The standard InChI is InChI=1S/C11H22N4/c1-4-14(5-2)6-7-15-9-11(8-12-3)13-10-15/h9-10,12H,4-8H2,1-3H3. The first-order chi connectivity index (χ1) is 7.30. The van der Waals surface area contributed by atoms with E-state index in [4.69, 9.17) is 0 Å². The van der Waals surface area contributed by atoms with Gasteiger partial charge in [0.2, 0.25) is 0 Å². The van der Waals surface area contributed by atoms with Gasteiger partial charge >= 0.3 is 0 Å². The van der Waals surface area contributed by atoms with Gasteiger partial charge in [0, 0.05) is 25.8 Å². The van der Waals surface area contributed by atoms with E-state index in [1.165, 1.54) is 0 Å².